The van der Waals surface area contributed by atoms with Crippen LogP contribution in [0.2, 0.25) is 0 Å². The number of halogens is 1. The van der Waals surface area contributed by atoms with E-state index >= 15 is 0 Å². The Hall–Kier alpha value is -1.37. The number of benzene rings is 1. The molecule has 2 rings (SSSR count). The number of rotatable bonds is 3. The van der Waals surface area contributed by atoms with Crippen molar-refractivity contribution in [1.82, 2.24) is 4.98 Å². The Bertz CT molecular complexity index is 589. The quantitative estimate of drug-likeness (QED) is 0.529. The lowest BCUT2D eigenvalue weighted by atomic mass is 10.1. The molecule has 0 atom stereocenters. The highest BCUT2D eigenvalue weighted by molar-refractivity contribution is 14.1. The number of hydrogen-bond donors (Lipinski definition) is 1. The number of fused-ring (bicyclic) bond motifs is 1. The number of H-pyrrole nitrogens is 1. The standard InChI is InChI=1S/C12H10INO3/c1-17-11(16)5-10-7(6-15)12-8(13)3-2-4-9(12)14-10/h2-4,6,14H,5H2,1H3. The third-order valence-electron chi connectivity index (χ3n) is 2.56. The molecular formula is C12H10INO3. The molecule has 17 heavy (non-hydrogen) atoms. The number of nitrogens with one attached hydrogen (secondary N) is 1. The van der Waals surface area contributed by atoms with Crippen LogP contribution in [0.3, 0.4) is 0 Å². The zero-order chi connectivity index (χ0) is 12.4. The molecule has 0 amide bonds. The number of aromatic nitrogens is 1. The summed E-state index contributed by atoms with van der Waals surface area (Å²) < 4.78 is 5.58. The number of carbonyl (C=O) groups is 2. The van der Waals surface area contributed by atoms with Gasteiger partial charge in [-0.25, -0.2) is 0 Å². The van der Waals surface area contributed by atoms with E-state index in [0.717, 1.165) is 20.8 Å². The largest absolute Gasteiger partial charge is 0.469 e. The zero-order valence-corrected chi connectivity index (χ0v) is 11.3. The van der Waals surface area contributed by atoms with Gasteiger partial charge < -0.3 is 9.72 Å². The molecule has 4 nitrogen and oxygen atoms in total. The molecule has 1 aromatic heterocycles. The van der Waals surface area contributed by atoms with Crippen LogP contribution in [0.5, 0.6) is 0 Å². The second-order valence-electron chi connectivity index (χ2n) is 3.55. The minimum atomic E-state index is -0.366. The SMILES string of the molecule is COC(=O)Cc1[nH]c2cccc(I)c2c1C=O. The molecule has 5 heteroatoms. The van der Waals surface area contributed by atoms with Crippen molar-refractivity contribution in [2.45, 2.75) is 6.42 Å². The van der Waals surface area contributed by atoms with Crippen molar-refractivity contribution < 1.29 is 14.3 Å². The summed E-state index contributed by atoms with van der Waals surface area (Å²) in [6.07, 6.45) is 0.856. The fourth-order valence-corrected chi connectivity index (χ4v) is 2.56. The number of aromatic amines is 1. The highest BCUT2D eigenvalue weighted by Gasteiger charge is 2.15. The average Bonchev–Trinajstić information content (AvgIpc) is 2.67. The molecule has 0 saturated carbocycles. The smallest absolute Gasteiger partial charge is 0.311 e. The molecule has 1 heterocycles. The fraction of sp³-hybridized carbons (Fsp3) is 0.167. The van der Waals surface area contributed by atoms with Crippen molar-refractivity contribution in [3.05, 3.63) is 33.0 Å². The minimum Gasteiger partial charge on any atom is -0.469 e. The first-order valence-electron chi connectivity index (χ1n) is 4.98. The summed E-state index contributed by atoms with van der Waals surface area (Å²) in [6, 6.07) is 5.70. The number of carbonyl (C=O) groups excluding carboxylic acids is 2. The third-order valence-corrected chi connectivity index (χ3v) is 3.46. The van der Waals surface area contributed by atoms with Crippen molar-refractivity contribution >= 4 is 45.7 Å². The topological polar surface area (TPSA) is 59.2 Å². The van der Waals surface area contributed by atoms with Gasteiger partial charge in [0.15, 0.2) is 6.29 Å². The summed E-state index contributed by atoms with van der Waals surface area (Å²) in [4.78, 5) is 25.5. The molecule has 0 aliphatic rings. The summed E-state index contributed by atoms with van der Waals surface area (Å²) in [5.74, 6) is -0.366. The monoisotopic (exact) mass is 343 g/mol. The van der Waals surface area contributed by atoms with E-state index in [0.29, 0.717) is 11.3 Å². The minimum absolute atomic E-state index is 0.0787. The molecule has 0 unspecified atom stereocenters. The van der Waals surface area contributed by atoms with Gasteiger partial charge in [-0.1, -0.05) is 6.07 Å². The number of ether oxygens (including phenoxy) is 1. The van der Waals surface area contributed by atoms with Gasteiger partial charge in [0.05, 0.1) is 13.5 Å². The Morgan fingerprint density at radius 2 is 2.29 bits per heavy atom. The Balaban J connectivity index is 2.60. The predicted octanol–water partition coefficient (Wildman–Crippen LogP) is 2.30. The number of esters is 1. The average molecular weight is 343 g/mol. The molecule has 0 bridgehead atoms. The number of methoxy groups -OCH3 is 1. The Morgan fingerprint density at radius 1 is 1.53 bits per heavy atom. The molecule has 0 spiro atoms. The van der Waals surface area contributed by atoms with Gasteiger partial charge in [0.1, 0.15) is 0 Å². The molecule has 88 valence electrons. The van der Waals surface area contributed by atoms with E-state index in [9.17, 15) is 9.59 Å². The summed E-state index contributed by atoms with van der Waals surface area (Å²) in [5.41, 5.74) is 2.00. The van der Waals surface area contributed by atoms with Crippen LogP contribution in [0.15, 0.2) is 18.2 Å². The van der Waals surface area contributed by atoms with Gasteiger partial charge in [0.2, 0.25) is 0 Å². The summed E-state index contributed by atoms with van der Waals surface area (Å²) >= 11 is 2.17. The van der Waals surface area contributed by atoms with Gasteiger partial charge in [-0.05, 0) is 34.7 Å². The van der Waals surface area contributed by atoms with E-state index in [4.69, 9.17) is 0 Å². The second kappa shape index (κ2) is 4.87. The van der Waals surface area contributed by atoms with Crippen LogP contribution >= 0.6 is 22.6 Å². The molecule has 0 aliphatic carbocycles. The van der Waals surface area contributed by atoms with Crippen LogP contribution in [-0.4, -0.2) is 24.3 Å². The van der Waals surface area contributed by atoms with E-state index in [1.807, 2.05) is 18.2 Å². The van der Waals surface area contributed by atoms with Crippen molar-refractivity contribution in [3.8, 4) is 0 Å². The van der Waals surface area contributed by atoms with E-state index in [1.54, 1.807) is 0 Å². The molecular weight excluding hydrogens is 333 g/mol. The van der Waals surface area contributed by atoms with Crippen LogP contribution in [-0.2, 0) is 16.0 Å². The lowest BCUT2D eigenvalue weighted by Crippen LogP contribution is -2.06. The van der Waals surface area contributed by atoms with Gasteiger partial charge >= 0.3 is 5.97 Å². The van der Waals surface area contributed by atoms with Crippen LogP contribution in [0, 0.1) is 3.57 Å². The van der Waals surface area contributed by atoms with E-state index in [1.165, 1.54) is 7.11 Å². The van der Waals surface area contributed by atoms with Crippen LogP contribution in [0.25, 0.3) is 10.9 Å². The van der Waals surface area contributed by atoms with E-state index in [2.05, 4.69) is 32.3 Å². The lowest BCUT2D eigenvalue weighted by molar-refractivity contribution is -0.139. The highest BCUT2D eigenvalue weighted by Crippen LogP contribution is 2.26. The molecule has 0 radical (unpaired) electrons. The van der Waals surface area contributed by atoms with Crippen LogP contribution < -0.4 is 0 Å². The van der Waals surface area contributed by atoms with E-state index < -0.39 is 0 Å². The summed E-state index contributed by atoms with van der Waals surface area (Å²) in [5, 5.41) is 0.863. The van der Waals surface area contributed by atoms with Crippen molar-refractivity contribution in [2.24, 2.45) is 0 Å². The third kappa shape index (κ3) is 2.19. The summed E-state index contributed by atoms with van der Waals surface area (Å²) in [7, 11) is 1.33. The Kier molecular flexibility index (Phi) is 3.46. The Labute approximate surface area is 111 Å². The van der Waals surface area contributed by atoms with Crippen molar-refractivity contribution in [3.63, 3.8) is 0 Å². The molecule has 0 fully saturated rings. The highest BCUT2D eigenvalue weighted by atomic mass is 127. The maximum atomic E-state index is 11.3. The first-order chi connectivity index (χ1) is 8.17. The predicted molar refractivity (Wildman–Crippen MR) is 72.1 cm³/mol. The maximum absolute atomic E-state index is 11.3. The molecule has 0 saturated heterocycles. The van der Waals surface area contributed by atoms with Gasteiger partial charge in [-0.3, -0.25) is 9.59 Å². The lowest BCUT2D eigenvalue weighted by Gasteiger charge is -1.98. The number of aldehydes is 1. The van der Waals surface area contributed by atoms with Gasteiger partial charge in [0, 0.05) is 25.7 Å². The molecule has 2 aromatic rings. The number of hydrogen-bond acceptors (Lipinski definition) is 3. The Morgan fingerprint density at radius 3 is 2.94 bits per heavy atom. The van der Waals surface area contributed by atoms with Crippen LogP contribution in [0.1, 0.15) is 16.1 Å². The first-order valence-corrected chi connectivity index (χ1v) is 6.06. The van der Waals surface area contributed by atoms with Gasteiger partial charge in [0.25, 0.3) is 0 Å². The van der Waals surface area contributed by atoms with Crippen molar-refractivity contribution in [2.75, 3.05) is 7.11 Å². The second-order valence-corrected chi connectivity index (χ2v) is 4.71. The molecule has 0 aliphatic heterocycles. The maximum Gasteiger partial charge on any atom is 0.311 e. The summed E-state index contributed by atoms with van der Waals surface area (Å²) in [6.45, 7) is 0. The first kappa shape index (κ1) is 12.1. The van der Waals surface area contributed by atoms with E-state index in [-0.39, 0.29) is 12.4 Å². The van der Waals surface area contributed by atoms with Crippen molar-refractivity contribution in [1.29, 1.82) is 0 Å². The molecule has 1 aromatic carbocycles. The normalized spacial score (nSPS) is 10.5. The van der Waals surface area contributed by atoms with Gasteiger partial charge in [-0.2, -0.15) is 0 Å². The van der Waals surface area contributed by atoms with Gasteiger partial charge in [-0.15, -0.1) is 0 Å². The zero-order valence-electron chi connectivity index (χ0n) is 9.12. The molecule has 1 N–H and O–H groups in total. The fourth-order valence-electron chi connectivity index (χ4n) is 1.77. The van der Waals surface area contributed by atoms with Crippen LogP contribution in [0.4, 0.5) is 0 Å².